The molecule has 0 unspecified atom stereocenters. The van der Waals surface area contributed by atoms with Gasteiger partial charge in [0.15, 0.2) is 5.78 Å². The number of carbonyl (C=O) groups is 1. The molecule has 0 aliphatic heterocycles. The van der Waals surface area contributed by atoms with Gasteiger partial charge in [0.25, 0.3) is 5.56 Å². The molecule has 2 aromatic heterocycles. The number of hydrogen-bond acceptors (Lipinski definition) is 3. The van der Waals surface area contributed by atoms with Crippen LogP contribution in [-0.2, 0) is 11.3 Å². The standard InChI is InChI=1S/C16H19NO2S/c18-13(6-5-12-3-1-2-4-12)11-17-9-7-15-14(16(17)19)8-10-20-15/h7-10,12H,1-6,11H2. The third-order valence-corrected chi connectivity index (χ3v) is 5.13. The van der Waals surface area contributed by atoms with E-state index in [-0.39, 0.29) is 17.9 Å². The molecule has 106 valence electrons. The molecule has 20 heavy (non-hydrogen) atoms. The molecule has 1 aliphatic rings. The lowest BCUT2D eigenvalue weighted by molar-refractivity contribution is -0.119. The van der Waals surface area contributed by atoms with E-state index in [9.17, 15) is 9.59 Å². The molecular formula is C16H19NO2S. The Bertz CT molecular complexity index is 664. The Kier molecular flexibility index (Phi) is 4.01. The van der Waals surface area contributed by atoms with Crippen LogP contribution in [0, 0.1) is 5.92 Å². The molecule has 0 aromatic carbocycles. The van der Waals surface area contributed by atoms with E-state index in [0.717, 1.165) is 22.4 Å². The molecule has 2 heterocycles. The lowest BCUT2D eigenvalue weighted by atomic mass is 10.0. The smallest absolute Gasteiger partial charge is 0.259 e. The van der Waals surface area contributed by atoms with Crippen molar-refractivity contribution in [3.63, 3.8) is 0 Å². The minimum Gasteiger partial charge on any atom is -0.308 e. The van der Waals surface area contributed by atoms with Crippen molar-refractivity contribution in [2.24, 2.45) is 5.92 Å². The van der Waals surface area contributed by atoms with Crippen LogP contribution in [0.15, 0.2) is 28.5 Å². The summed E-state index contributed by atoms with van der Waals surface area (Å²) in [4.78, 5) is 24.2. The molecule has 0 radical (unpaired) electrons. The highest BCUT2D eigenvalue weighted by Crippen LogP contribution is 2.28. The number of carbonyl (C=O) groups excluding carboxylic acids is 1. The van der Waals surface area contributed by atoms with E-state index in [4.69, 9.17) is 0 Å². The van der Waals surface area contributed by atoms with Crippen molar-refractivity contribution in [2.75, 3.05) is 0 Å². The van der Waals surface area contributed by atoms with E-state index in [2.05, 4.69) is 0 Å². The monoisotopic (exact) mass is 289 g/mol. The van der Waals surface area contributed by atoms with Gasteiger partial charge >= 0.3 is 0 Å². The molecule has 3 nitrogen and oxygen atoms in total. The van der Waals surface area contributed by atoms with Crippen molar-refractivity contribution >= 4 is 27.2 Å². The average Bonchev–Trinajstić information content (AvgIpc) is 3.10. The van der Waals surface area contributed by atoms with Crippen LogP contribution in [0.4, 0.5) is 0 Å². The molecule has 0 bridgehead atoms. The maximum Gasteiger partial charge on any atom is 0.259 e. The summed E-state index contributed by atoms with van der Waals surface area (Å²) in [7, 11) is 0. The summed E-state index contributed by atoms with van der Waals surface area (Å²) in [6.07, 6.45) is 8.52. The molecule has 1 fully saturated rings. The SMILES string of the molecule is O=C(CCC1CCCC1)Cn1ccc2sccc2c1=O. The molecule has 1 saturated carbocycles. The largest absolute Gasteiger partial charge is 0.308 e. The van der Waals surface area contributed by atoms with Crippen LogP contribution >= 0.6 is 11.3 Å². The van der Waals surface area contributed by atoms with Crippen LogP contribution in [0.1, 0.15) is 38.5 Å². The Morgan fingerprint density at radius 3 is 2.90 bits per heavy atom. The van der Waals surface area contributed by atoms with Crippen molar-refractivity contribution in [3.05, 3.63) is 34.1 Å². The first kappa shape index (κ1) is 13.6. The molecule has 0 saturated heterocycles. The number of ketones is 1. The summed E-state index contributed by atoms with van der Waals surface area (Å²) in [5, 5.41) is 2.64. The average molecular weight is 289 g/mol. The first-order valence-corrected chi connectivity index (χ1v) is 8.20. The van der Waals surface area contributed by atoms with Crippen LogP contribution in [0.3, 0.4) is 0 Å². The third-order valence-electron chi connectivity index (χ3n) is 4.25. The Morgan fingerprint density at radius 1 is 1.30 bits per heavy atom. The van der Waals surface area contributed by atoms with Crippen LogP contribution in [0.25, 0.3) is 10.1 Å². The van der Waals surface area contributed by atoms with Crippen molar-refractivity contribution in [1.29, 1.82) is 0 Å². The van der Waals surface area contributed by atoms with Crippen molar-refractivity contribution < 1.29 is 4.79 Å². The van der Waals surface area contributed by atoms with Crippen molar-refractivity contribution in [2.45, 2.75) is 45.1 Å². The fourth-order valence-corrected chi connectivity index (χ4v) is 3.84. The van der Waals surface area contributed by atoms with E-state index >= 15 is 0 Å². The molecule has 1 aliphatic carbocycles. The Hall–Kier alpha value is -1.42. The van der Waals surface area contributed by atoms with Gasteiger partial charge in [-0.3, -0.25) is 9.59 Å². The van der Waals surface area contributed by atoms with Gasteiger partial charge in [-0.25, -0.2) is 0 Å². The summed E-state index contributed by atoms with van der Waals surface area (Å²) in [5.74, 6) is 0.906. The molecule has 0 amide bonds. The van der Waals surface area contributed by atoms with Crippen LogP contribution in [0.2, 0.25) is 0 Å². The fraction of sp³-hybridized carbons (Fsp3) is 0.500. The molecule has 0 spiro atoms. The van der Waals surface area contributed by atoms with Gasteiger partial charge in [0, 0.05) is 17.3 Å². The number of hydrogen-bond donors (Lipinski definition) is 0. The lowest BCUT2D eigenvalue weighted by Gasteiger charge is -2.09. The van der Waals surface area contributed by atoms with Gasteiger partial charge in [0.05, 0.1) is 11.9 Å². The Labute approximate surface area is 122 Å². The summed E-state index contributed by atoms with van der Waals surface area (Å²) >= 11 is 1.56. The number of rotatable bonds is 5. The zero-order chi connectivity index (χ0) is 13.9. The molecule has 3 rings (SSSR count). The van der Waals surface area contributed by atoms with Crippen molar-refractivity contribution in [3.8, 4) is 0 Å². The molecule has 4 heteroatoms. The highest BCUT2D eigenvalue weighted by Gasteiger charge is 2.16. The van der Waals surface area contributed by atoms with E-state index < -0.39 is 0 Å². The number of fused-ring (bicyclic) bond motifs is 1. The van der Waals surface area contributed by atoms with E-state index in [1.165, 1.54) is 25.7 Å². The second-order valence-electron chi connectivity index (χ2n) is 5.68. The molecule has 2 aromatic rings. The topological polar surface area (TPSA) is 39.1 Å². The van der Waals surface area contributed by atoms with Gasteiger partial charge in [0.2, 0.25) is 0 Å². The third kappa shape index (κ3) is 2.85. The van der Waals surface area contributed by atoms with E-state index in [1.54, 1.807) is 22.1 Å². The van der Waals surface area contributed by atoms with Gasteiger partial charge in [-0.2, -0.15) is 0 Å². The number of nitrogens with zero attached hydrogens (tertiary/aromatic N) is 1. The zero-order valence-corrected chi connectivity index (χ0v) is 12.3. The van der Waals surface area contributed by atoms with E-state index in [1.807, 2.05) is 17.5 Å². The van der Waals surface area contributed by atoms with Gasteiger partial charge in [-0.05, 0) is 29.9 Å². The van der Waals surface area contributed by atoms with Crippen LogP contribution in [0.5, 0.6) is 0 Å². The number of thiophene rings is 1. The van der Waals surface area contributed by atoms with Crippen LogP contribution < -0.4 is 5.56 Å². The first-order valence-electron chi connectivity index (χ1n) is 7.32. The second-order valence-corrected chi connectivity index (χ2v) is 6.62. The minimum absolute atomic E-state index is 0.0435. The van der Waals surface area contributed by atoms with Gasteiger partial charge < -0.3 is 4.57 Å². The Morgan fingerprint density at radius 2 is 2.10 bits per heavy atom. The number of Topliss-reactive ketones (excluding diaryl/α,β-unsaturated/α-hetero) is 1. The summed E-state index contributed by atoms with van der Waals surface area (Å²) in [6.45, 7) is 0.220. The first-order chi connectivity index (χ1) is 9.74. The zero-order valence-electron chi connectivity index (χ0n) is 11.5. The predicted octanol–water partition coefficient (Wildman–Crippen LogP) is 3.60. The highest BCUT2D eigenvalue weighted by atomic mass is 32.1. The number of pyridine rings is 1. The van der Waals surface area contributed by atoms with Gasteiger partial charge in [-0.1, -0.05) is 25.7 Å². The van der Waals surface area contributed by atoms with Gasteiger partial charge in [0.1, 0.15) is 0 Å². The lowest BCUT2D eigenvalue weighted by Crippen LogP contribution is -2.23. The molecule has 0 atom stereocenters. The normalized spacial score (nSPS) is 16.0. The predicted molar refractivity (Wildman–Crippen MR) is 82.3 cm³/mol. The molecule has 0 N–H and O–H groups in total. The number of aromatic nitrogens is 1. The summed E-state index contributed by atoms with van der Waals surface area (Å²) in [5.41, 5.74) is -0.0435. The minimum atomic E-state index is -0.0435. The quantitative estimate of drug-likeness (QED) is 0.843. The maximum atomic E-state index is 12.2. The Balaban J connectivity index is 1.64. The van der Waals surface area contributed by atoms with E-state index in [0.29, 0.717) is 6.42 Å². The fourth-order valence-electron chi connectivity index (χ4n) is 3.06. The van der Waals surface area contributed by atoms with Crippen LogP contribution in [-0.4, -0.2) is 10.4 Å². The van der Waals surface area contributed by atoms with Gasteiger partial charge in [-0.15, -0.1) is 11.3 Å². The highest BCUT2D eigenvalue weighted by molar-refractivity contribution is 7.17. The summed E-state index contributed by atoms with van der Waals surface area (Å²) < 4.78 is 2.54. The second kappa shape index (κ2) is 5.92. The maximum absolute atomic E-state index is 12.2. The molecular weight excluding hydrogens is 270 g/mol. The summed E-state index contributed by atoms with van der Waals surface area (Å²) in [6, 6.07) is 3.76. The van der Waals surface area contributed by atoms with Crippen molar-refractivity contribution in [1.82, 2.24) is 4.57 Å².